The van der Waals surface area contributed by atoms with Crippen LogP contribution >= 0.6 is 0 Å². The highest BCUT2D eigenvalue weighted by molar-refractivity contribution is 6.11. The van der Waals surface area contributed by atoms with E-state index in [1.165, 1.54) is 7.11 Å². The zero-order chi connectivity index (χ0) is 14.8. The normalized spacial score (nSPS) is 28.6. The van der Waals surface area contributed by atoms with Gasteiger partial charge in [0.05, 0.1) is 7.11 Å². The van der Waals surface area contributed by atoms with Crippen molar-refractivity contribution in [1.29, 1.82) is 0 Å². The lowest BCUT2D eigenvalue weighted by Crippen LogP contribution is -2.49. The third-order valence-electron chi connectivity index (χ3n) is 4.35. The molecule has 4 rings (SSSR count). The molecule has 0 radical (unpaired) electrons. The Morgan fingerprint density at radius 3 is 2.62 bits per heavy atom. The van der Waals surface area contributed by atoms with Crippen LogP contribution in [0.5, 0.6) is 5.75 Å². The fraction of sp³-hybridized carbons (Fsp3) is 0.188. The number of ether oxygens (including phenoxy) is 1. The lowest BCUT2D eigenvalue weighted by atomic mass is 9.86. The third-order valence-corrected chi connectivity index (χ3v) is 4.35. The number of methoxy groups -OCH3 is 1. The molecule has 1 aliphatic carbocycles. The zero-order valence-corrected chi connectivity index (χ0v) is 11.3. The first kappa shape index (κ1) is 12.4. The Bertz CT molecular complexity index is 788. The molecule has 1 heterocycles. The SMILES string of the molecule is COc1ccc2c(c1)N[C@@]1(O)c3ccccc3C(=O)[C@]21O. The average Bonchev–Trinajstić information content (AvgIpc) is 2.84. The molecule has 2 aromatic carbocycles. The summed E-state index contributed by atoms with van der Waals surface area (Å²) in [6.45, 7) is 0. The van der Waals surface area contributed by atoms with Crippen LogP contribution in [0.1, 0.15) is 21.5 Å². The molecule has 0 spiro atoms. The van der Waals surface area contributed by atoms with E-state index >= 15 is 0 Å². The van der Waals surface area contributed by atoms with Gasteiger partial charge in [0.2, 0.25) is 17.1 Å². The highest BCUT2D eigenvalue weighted by atomic mass is 16.5. The second-order valence-electron chi connectivity index (χ2n) is 5.33. The summed E-state index contributed by atoms with van der Waals surface area (Å²) in [5.74, 6) is 0.0752. The minimum atomic E-state index is -2.02. The molecule has 0 amide bonds. The zero-order valence-electron chi connectivity index (χ0n) is 11.3. The predicted molar refractivity (Wildman–Crippen MR) is 75.2 cm³/mol. The van der Waals surface area contributed by atoms with Gasteiger partial charge in [-0.15, -0.1) is 0 Å². The fourth-order valence-corrected chi connectivity index (χ4v) is 3.29. The number of hydrogen-bond acceptors (Lipinski definition) is 5. The molecule has 5 heteroatoms. The number of benzene rings is 2. The largest absolute Gasteiger partial charge is 0.497 e. The van der Waals surface area contributed by atoms with Crippen LogP contribution < -0.4 is 10.1 Å². The smallest absolute Gasteiger partial charge is 0.207 e. The third kappa shape index (κ3) is 1.21. The van der Waals surface area contributed by atoms with Crippen molar-refractivity contribution in [1.82, 2.24) is 0 Å². The summed E-state index contributed by atoms with van der Waals surface area (Å²) in [4.78, 5) is 12.6. The lowest BCUT2D eigenvalue weighted by molar-refractivity contribution is -0.101. The first-order valence-electron chi connectivity index (χ1n) is 6.58. The molecule has 0 aromatic heterocycles. The van der Waals surface area contributed by atoms with Crippen molar-refractivity contribution < 1.29 is 19.7 Å². The van der Waals surface area contributed by atoms with Gasteiger partial charge in [0, 0.05) is 28.4 Å². The van der Waals surface area contributed by atoms with E-state index in [1.807, 2.05) is 0 Å². The van der Waals surface area contributed by atoms with Crippen molar-refractivity contribution in [2.75, 3.05) is 12.4 Å². The van der Waals surface area contributed by atoms with Gasteiger partial charge in [-0.2, -0.15) is 0 Å². The van der Waals surface area contributed by atoms with Crippen molar-refractivity contribution in [3.05, 3.63) is 59.2 Å². The van der Waals surface area contributed by atoms with E-state index in [2.05, 4.69) is 5.32 Å². The second kappa shape index (κ2) is 3.63. The average molecular weight is 283 g/mol. The highest BCUT2D eigenvalue weighted by Crippen LogP contribution is 2.56. The topological polar surface area (TPSA) is 78.8 Å². The second-order valence-corrected chi connectivity index (χ2v) is 5.33. The molecule has 106 valence electrons. The first-order valence-corrected chi connectivity index (χ1v) is 6.58. The molecule has 1 aliphatic heterocycles. The number of carbonyl (C=O) groups is 1. The number of rotatable bonds is 1. The predicted octanol–water partition coefficient (Wildman–Crippen LogP) is 1.35. The Morgan fingerprint density at radius 2 is 1.86 bits per heavy atom. The minimum Gasteiger partial charge on any atom is -0.497 e. The number of carbonyl (C=O) groups excluding carboxylic acids is 1. The highest BCUT2D eigenvalue weighted by Gasteiger charge is 2.67. The summed E-state index contributed by atoms with van der Waals surface area (Å²) < 4.78 is 5.14. The van der Waals surface area contributed by atoms with Crippen molar-refractivity contribution in [3.63, 3.8) is 0 Å². The molecule has 0 fully saturated rings. The molecule has 5 nitrogen and oxygen atoms in total. The Hall–Kier alpha value is -2.37. The summed E-state index contributed by atoms with van der Waals surface area (Å²) in [6.07, 6.45) is 0. The number of fused-ring (bicyclic) bond motifs is 5. The number of anilines is 1. The summed E-state index contributed by atoms with van der Waals surface area (Å²) >= 11 is 0. The molecule has 0 saturated carbocycles. The van der Waals surface area contributed by atoms with Crippen LogP contribution in [0.4, 0.5) is 5.69 Å². The van der Waals surface area contributed by atoms with Gasteiger partial charge in [0.15, 0.2) is 0 Å². The molecule has 3 N–H and O–H groups in total. The van der Waals surface area contributed by atoms with E-state index in [0.717, 1.165) is 0 Å². The van der Waals surface area contributed by atoms with E-state index in [0.29, 0.717) is 28.1 Å². The number of aliphatic hydroxyl groups is 2. The number of hydrogen-bond donors (Lipinski definition) is 3. The van der Waals surface area contributed by atoms with Crippen LogP contribution in [-0.4, -0.2) is 23.1 Å². The van der Waals surface area contributed by atoms with Crippen molar-refractivity contribution in [3.8, 4) is 5.75 Å². The van der Waals surface area contributed by atoms with Crippen LogP contribution in [0, 0.1) is 0 Å². The monoisotopic (exact) mass is 283 g/mol. The van der Waals surface area contributed by atoms with E-state index in [-0.39, 0.29) is 0 Å². The van der Waals surface area contributed by atoms with Crippen LogP contribution in [0.25, 0.3) is 0 Å². The van der Waals surface area contributed by atoms with E-state index < -0.39 is 17.1 Å². The molecule has 2 aliphatic rings. The summed E-state index contributed by atoms with van der Waals surface area (Å²) in [5.41, 5.74) is -2.31. The first-order chi connectivity index (χ1) is 10.0. The summed E-state index contributed by atoms with van der Waals surface area (Å²) in [6, 6.07) is 11.6. The van der Waals surface area contributed by atoms with Gasteiger partial charge < -0.3 is 20.3 Å². The van der Waals surface area contributed by atoms with Gasteiger partial charge in [-0.25, -0.2) is 0 Å². The molecule has 0 saturated heterocycles. The maximum atomic E-state index is 12.6. The molecular weight excluding hydrogens is 270 g/mol. The standard InChI is InChI=1S/C16H13NO4/c1-21-9-6-7-12-13(8-9)17-16(20)11-5-3-2-4-10(11)14(18)15(12,16)19/h2-8,17,19-20H,1H3/t15-,16-/m1/s1. The molecule has 0 unspecified atom stereocenters. The molecule has 21 heavy (non-hydrogen) atoms. The quantitative estimate of drug-likeness (QED) is 0.736. The van der Waals surface area contributed by atoms with Gasteiger partial charge >= 0.3 is 0 Å². The summed E-state index contributed by atoms with van der Waals surface area (Å²) in [5, 5.41) is 24.8. The van der Waals surface area contributed by atoms with E-state index in [4.69, 9.17) is 4.74 Å². The van der Waals surface area contributed by atoms with E-state index in [9.17, 15) is 15.0 Å². The summed E-state index contributed by atoms with van der Waals surface area (Å²) in [7, 11) is 1.53. The number of nitrogens with one attached hydrogen (secondary N) is 1. The maximum absolute atomic E-state index is 12.6. The minimum absolute atomic E-state index is 0.330. The Kier molecular flexibility index (Phi) is 2.14. The van der Waals surface area contributed by atoms with Gasteiger partial charge in [0.1, 0.15) is 5.75 Å². The fourth-order valence-electron chi connectivity index (χ4n) is 3.29. The molecular formula is C16H13NO4. The van der Waals surface area contributed by atoms with Gasteiger partial charge in [-0.3, -0.25) is 4.79 Å². The van der Waals surface area contributed by atoms with E-state index in [1.54, 1.807) is 42.5 Å². The Labute approximate surface area is 120 Å². The Morgan fingerprint density at radius 1 is 1.10 bits per heavy atom. The van der Waals surface area contributed by atoms with Crippen LogP contribution in [-0.2, 0) is 11.3 Å². The van der Waals surface area contributed by atoms with Crippen LogP contribution in [0.15, 0.2) is 42.5 Å². The Balaban J connectivity index is 2.00. The van der Waals surface area contributed by atoms with Gasteiger partial charge in [-0.1, -0.05) is 24.3 Å². The molecule has 2 atom stereocenters. The molecule has 2 aromatic rings. The maximum Gasteiger partial charge on any atom is 0.207 e. The van der Waals surface area contributed by atoms with Crippen LogP contribution in [0.2, 0.25) is 0 Å². The lowest BCUT2D eigenvalue weighted by Gasteiger charge is -2.30. The number of Topliss-reactive ketones (excluding diaryl/α,β-unsaturated/α-hetero) is 1. The van der Waals surface area contributed by atoms with Gasteiger partial charge in [0.25, 0.3) is 0 Å². The van der Waals surface area contributed by atoms with Crippen molar-refractivity contribution in [2.24, 2.45) is 0 Å². The van der Waals surface area contributed by atoms with Crippen molar-refractivity contribution >= 4 is 11.5 Å². The van der Waals surface area contributed by atoms with Crippen molar-refractivity contribution in [2.45, 2.75) is 11.3 Å². The number of ketones is 1. The molecule has 0 bridgehead atoms. The van der Waals surface area contributed by atoms with Gasteiger partial charge in [-0.05, 0) is 12.1 Å². The van der Waals surface area contributed by atoms with Crippen LogP contribution in [0.3, 0.4) is 0 Å².